The minimum atomic E-state index is 0.140. The van der Waals surface area contributed by atoms with Gasteiger partial charge in [-0.1, -0.05) is 26.0 Å². The minimum absolute atomic E-state index is 0.140. The van der Waals surface area contributed by atoms with E-state index in [4.69, 9.17) is 0 Å². The van der Waals surface area contributed by atoms with Crippen molar-refractivity contribution in [3.63, 3.8) is 0 Å². The molecule has 0 saturated carbocycles. The van der Waals surface area contributed by atoms with Gasteiger partial charge < -0.3 is 14.7 Å². The summed E-state index contributed by atoms with van der Waals surface area (Å²) in [6.45, 7) is 7.93. The fraction of sp³-hybridized carbons (Fsp3) is 0.611. The van der Waals surface area contributed by atoms with Crippen molar-refractivity contribution in [1.82, 2.24) is 4.90 Å². The average Bonchev–Trinajstić information content (AvgIpc) is 2.53. The first-order valence-electron chi connectivity index (χ1n) is 8.38. The van der Waals surface area contributed by atoms with Crippen LogP contribution in [0.15, 0.2) is 24.3 Å². The van der Waals surface area contributed by atoms with E-state index in [0.717, 1.165) is 44.7 Å². The van der Waals surface area contributed by atoms with Crippen molar-refractivity contribution < 1.29 is 4.79 Å². The Morgan fingerprint density at radius 3 is 2.36 bits per heavy atom. The van der Waals surface area contributed by atoms with Gasteiger partial charge in [-0.05, 0) is 39.1 Å². The van der Waals surface area contributed by atoms with Crippen molar-refractivity contribution in [2.24, 2.45) is 5.92 Å². The predicted molar refractivity (Wildman–Crippen MR) is 93.6 cm³/mol. The van der Waals surface area contributed by atoms with Crippen molar-refractivity contribution in [2.75, 3.05) is 50.1 Å². The van der Waals surface area contributed by atoms with Gasteiger partial charge >= 0.3 is 0 Å². The van der Waals surface area contributed by atoms with Gasteiger partial charge in [-0.25, -0.2) is 0 Å². The molecule has 1 amide bonds. The smallest absolute Gasteiger partial charge is 0.230 e. The molecule has 4 heteroatoms. The van der Waals surface area contributed by atoms with Gasteiger partial charge in [-0.15, -0.1) is 0 Å². The number of nitrogens with zero attached hydrogens (tertiary/aromatic N) is 3. The van der Waals surface area contributed by atoms with Crippen LogP contribution in [0.5, 0.6) is 0 Å². The number of para-hydroxylation sites is 2. The molecule has 1 aromatic carbocycles. The molecule has 0 spiro atoms. The molecule has 0 atom stereocenters. The van der Waals surface area contributed by atoms with E-state index in [1.807, 2.05) is 11.0 Å². The molecule has 122 valence electrons. The van der Waals surface area contributed by atoms with Crippen molar-refractivity contribution in [2.45, 2.75) is 26.7 Å². The van der Waals surface area contributed by atoms with E-state index in [1.54, 1.807) is 0 Å². The standard InChI is InChI=1S/C18H29N3O/c1-5-15(6-2)18(22)21-14-13-20(12-11-19(3)4)16-9-7-8-10-17(16)21/h7-10,15H,5-6,11-14H2,1-4H3. The summed E-state index contributed by atoms with van der Waals surface area (Å²) in [7, 11) is 4.19. The monoisotopic (exact) mass is 303 g/mol. The topological polar surface area (TPSA) is 26.8 Å². The van der Waals surface area contributed by atoms with E-state index in [0.29, 0.717) is 0 Å². The molecule has 0 fully saturated rings. The third-order valence-electron chi connectivity index (χ3n) is 4.52. The molecule has 0 saturated heterocycles. The Morgan fingerprint density at radius 2 is 1.77 bits per heavy atom. The maximum Gasteiger partial charge on any atom is 0.230 e. The van der Waals surface area contributed by atoms with Gasteiger partial charge in [-0.3, -0.25) is 4.79 Å². The van der Waals surface area contributed by atoms with Crippen LogP contribution < -0.4 is 9.80 Å². The second kappa shape index (κ2) is 7.63. The van der Waals surface area contributed by atoms with Gasteiger partial charge in [0.1, 0.15) is 0 Å². The van der Waals surface area contributed by atoms with Gasteiger partial charge in [-0.2, -0.15) is 0 Å². The average molecular weight is 303 g/mol. The summed E-state index contributed by atoms with van der Waals surface area (Å²) < 4.78 is 0. The number of rotatable bonds is 6. The number of amides is 1. The SMILES string of the molecule is CCC(CC)C(=O)N1CCN(CCN(C)C)c2ccccc21. The zero-order valence-corrected chi connectivity index (χ0v) is 14.4. The van der Waals surface area contributed by atoms with Crippen LogP contribution in [0.2, 0.25) is 0 Å². The summed E-state index contributed by atoms with van der Waals surface area (Å²) in [5.74, 6) is 0.422. The highest BCUT2D eigenvalue weighted by Gasteiger charge is 2.29. The molecule has 2 rings (SSSR count). The number of anilines is 2. The normalized spacial score (nSPS) is 14.6. The van der Waals surface area contributed by atoms with E-state index in [-0.39, 0.29) is 11.8 Å². The van der Waals surface area contributed by atoms with Crippen LogP contribution >= 0.6 is 0 Å². The Kier molecular flexibility index (Phi) is 5.83. The molecule has 0 aliphatic carbocycles. The number of fused-ring (bicyclic) bond motifs is 1. The quantitative estimate of drug-likeness (QED) is 0.808. The van der Waals surface area contributed by atoms with E-state index in [9.17, 15) is 4.79 Å². The van der Waals surface area contributed by atoms with Crippen molar-refractivity contribution in [3.8, 4) is 0 Å². The molecule has 0 bridgehead atoms. The summed E-state index contributed by atoms with van der Waals surface area (Å²) in [6.07, 6.45) is 1.83. The summed E-state index contributed by atoms with van der Waals surface area (Å²) >= 11 is 0. The third-order valence-corrected chi connectivity index (χ3v) is 4.52. The summed E-state index contributed by atoms with van der Waals surface area (Å²) in [6, 6.07) is 8.31. The van der Waals surface area contributed by atoms with E-state index in [2.05, 4.69) is 55.9 Å². The molecule has 1 aromatic rings. The number of hydrogen-bond acceptors (Lipinski definition) is 3. The van der Waals surface area contributed by atoms with E-state index < -0.39 is 0 Å². The first kappa shape index (κ1) is 16.8. The van der Waals surface area contributed by atoms with Crippen LogP contribution in [-0.4, -0.2) is 51.1 Å². The third kappa shape index (κ3) is 3.61. The van der Waals surface area contributed by atoms with E-state index >= 15 is 0 Å². The van der Waals surface area contributed by atoms with Crippen molar-refractivity contribution >= 4 is 17.3 Å². The van der Waals surface area contributed by atoms with Crippen LogP contribution in [0.25, 0.3) is 0 Å². The highest BCUT2D eigenvalue weighted by Crippen LogP contribution is 2.34. The molecule has 0 unspecified atom stereocenters. The molecular formula is C18H29N3O. The zero-order chi connectivity index (χ0) is 16.1. The highest BCUT2D eigenvalue weighted by atomic mass is 16.2. The lowest BCUT2D eigenvalue weighted by Crippen LogP contribution is -2.47. The van der Waals surface area contributed by atoms with Crippen LogP contribution in [-0.2, 0) is 4.79 Å². The zero-order valence-electron chi connectivity index (χ0n) is 14.4. The Labute approximate surface area is 134 Å². The predicted octanol–water partition coefficient (Wildman–Crippen LogP) is 2.84. The maximum absolute atomic E-state index is 12.8. The number of hydrogen-bond donors (Lipinski definition) is 0. The maximum atomic E-state index is 12.8. The number of likely N-dealkylation sites (N-methyl/N-ethyl adjacent to an activating group) is 1. The summed E-state index contributed by atoms with van der Waals surface area (Å²) in [5.41, 5.74) is 2.26. The lowest BCUT2D eigenvalue weighted by molar-refractivity contribution is -0.122. The molecule has 0 radical (unpaired) electrons. The molecule has 4 nitrogen and oxygen atoms in total. The van der Waals surface area contributed by atoms with Crippen LogP contribution in [0.4, 0.5) is 11.4 Å². The molecule has 22 heavy (non-hydrogen) atoms. The van der Waals surface area contributed by atoms with Crippen LogP contribution in [0.3, 0.4) is 0 Å². The first-order valence-corrected chi connectivity index (χ1v) is 8.38. The molecular weight excluding hydrogens is 274 g/mol. The van der Waals surface area contributed by atoms with Crippen molar-refractivity contribution in [1.29, 1.82) is 0 Å². The second-order valence-corrected chi connectivity index (χ2v) is 6.28. The number of benzene rings is 1. The number of carbonyl (C=O) groups excluding carboxylic acids is 1. The van der Waals surface area contributed by atoms with Crippen LogP contribution in [0.1, 0.15) is 26.7 Å². The Hall–Kier alpha value is -1.55. The highest BCUT2D eigenvalue weighted by molar-refractivity contribution is 5.99. The number of carbonyl (C=O) groups is 1. The van der Waals surface area contributed by atoms with Gasteiger partial charge in [0.05, 0.1) is 11.4 Å². The van der Waals surface area contributed by atoms with E-state index in [1.165, 1.54) is 5.69 Å². The molecule has 1 heterocycles. The molecule has 0 N–H and O–H groups in total. The van der Waals surface area contributed by atoms with Gasteiger partial charge in [0.25, 0.3) is 0 Å². The lowest BCUT2D eigenvalue weighted by Gasteiger charge is -2.39. The Balaban J connectivity index is 2.22. The van der Waals surface area contributed by atoms with Gasteiger partial charge in [0, 0.05) is 32.1 Å². The lowest BCUT2D eigenvalue weighted by atomic mass is 10.0. The first-order chi connectivity index (χ1) is 10.6. The van der Waals surface area contributed by atoms with Crippen LogP contribution in [0, 0.1) is 5.92 Å². The molecule has 1 aliphatic heterocycles. The largest absolute Gasteiger partial charge is 0.367 e. The summed E-state index contributed by atoms with van der Waals surface area (Å²) in [4.78, 5) is 19.4. The fourth-order valence-electron chi connectivity index (χ4n) is 3.06. The Morgan fingerprint density at radius 1 is 1.14 bits per heavy atom. The minimum Gasteiger partial charge on any atom is -0.367 e. The second-order valence-electron chi connectivity index (χ2n) is 6.28. The molecule has 1 aliphatic rings. The fourth-order valence-corrected chi connectivity index (χ4v) is 3.06. The molecule has 0 aromatic heterocycles. The summed E-state index contributed by atoms with van der Waals surface area (Å²) in [5, 5.41) is 0. The van der Waals surface area contributed by atoms with Gasteiger partial charge in [0.2, 0.25) is 5.91 Å². The van der Waals surface area contributed by atoms with Gasteiger partial charge in [0.15, 0.2) is 0 Å². The Bertz CT molecular complexity index is 497. The van der Waals surface area contributed by atoms with Crippen molar-refractivity contribution in [3.05, 3.63) is 24.3 Å².